The highest BCUT2D eigenvalue weighted by Gasteiger charge is 2.42. The molecule has 2 fully saturated rings. The third-order valence-electron chi connectivity index (χ3n) is 12.9. The Labute approximate surface area is 456 Å². The average molecular weight is 1100 g/mol. The number of rotatable bonds is 33. The maximum absolute atomic E-state index is 13.6. The molecule has 0 unspecified atom stereocenters. The molecule has 8 N–H and O–H groups in total. The lowest BCUT2D eigenvalue weighted by atomic mass is 10.0. The van der Waals surface area contributed by atoms with Crippen LogP contribution in [0, 0.1) is 11.6 Å². The molecule has 0 bridgehead atoms. The molecule has 76 heavy (non-hydrogen) atoms. The molecule has 2 saturated heterocycles. The van der Waals surface area contributed by atoms with E-state index in [-0.39, 0.29) is 54.2 Å². The van der Waals surface area contributed by atoms with Crippen LogP contribution in [0.3, 0.4) is 0 Å². The molecule has 0 aromatic heterocycles. The van der Waals surface area contributed by atoms with Crippen molar-refractivity contribution in [3.8, 4) is 0 Å². The van der Waals surface area contributed by atoms with Crippen LogP contribution in [0.15, 0.2) is 97.1 Å². The topological polar surface area (TPSA) is 216 Å². The van der Waals surface area contributed by atoms with Crippen LogP contribution in [-0.2, 0) is 43.5 Å². The summed E-state index contributed by atoms with van der Waals surface area (Å²) in [5, 5.41) is 23.9. The van der Waals surface area contributed by atoms with Crippen LogP contribution in [0.1, 0.15) is 115 Å². The van der Waals surface area contributed by atoms with Crippen molar-refractivity contribution < 1.29 is 42.3 Å². The summed E-state index contributed by atoms with van der Waals surface area (Å²) in [4.78, 5) is 88.6. The Morgan fingerprint density at radius 2 is 1.22 bits per heavy atom. The number of urea groups is 1. The van der Waals surface area contributed by atoms with Gasteiger partial charge in [-0.1, -0.05) is 126 Å². The van der Waals surface area contributed by atoms with Crippen LogP contribution in [0.2, 0.25) is 0 Å². The SMILES string of the molecule is C[C@H](NC(=O)Cc1cc(F)cc(F)c1)C(=O)N[C@H](C(=O)NCc1ccc(C(=O)c2ccc(CNCCCCCCCC(=O)NCCSSCCNC(=O)CCCC[C@@H]3SC[C@@H]4NC(=O)N[C@@H]43)cc2)cc1)c1ccccc1. The molecule has 6 rings (SSSR count). The predicted octanol–water partition coefficient (Wildman–Crippen LogP) is 7.19. The number of fused-ring (bicyclic) bond motifs is 1. The first-order valence-electron chi connectivity index (χ1n) is 26.1. The number of carbonyl (C=O) groups excluding carboxylic acids is 7. The van der Waals surface area contributed by atoms with Gasteiger partial charge in [0.1, 0.15) is 23.7 Å². The molecule has 0 spiro atoms. The van der Waals surface area contributed by atoms with Gasteiger partial charge < -0.3 is 42.5 Å². The lowest BCUT2D eigenvalue weighted by Gasteiger charge is -2.22. The van der Waals surface area contributed by atoms with Crippen LogP contribution in [0.5, 0.6) is 0 Å². The number of ketones is 1. The Hall–Kier alpha value is -5.96. The van der Waals surface area contributed by atoms with Crippen molar-refractivity contribution in [2.24, 2.45) is 0 Å². The van der Waals surface area contributed by atoms with E-state index in [0.717, 1.165) is 98.4 Å². The molecule has 7 amide bonds. The number of unbranched alkanes of at least 4 members (excludes halogenated alkanes) is 5. The third-order valence-corrected chi connectivity index (χ3v) is 16.8. The normalized spacial score (nSPS) is 16.4. The Balaban J connectivity index is 0.760. The zero-order valence-corrected chi connectivity index (χ0v) is 45.3. The minimum absolute atomic E-state index is 0.0669. The quantitative estimate of drug-likeness (QED) is 0.0103. The van der Waals surface area contributed by atoms with Crippen LogP contribution in [0.25, 0.3) is 0 Å². The Morgan fingerprint density at radius 1 is 0.632 bits per heavy atom. The molecular formula is C56H70F2N8O7S3. The minimum Gasteiger partial charge on any atom is -0.355 e. The van der Waals surface area contributed by atoms with E-state index in [0.29, 0.717) is 60.5 Å². The first kappa shape index (κ1) is 59.3. The highest BCUT2D eigenvalue weighted by molar-refractivity contribution is 8.76. The van der Waals surface area contributed by atoms with Gasteiger partial charge in [0.25, 0.3) is 0 Å². The van der Waals surface area contributed by atoms with Crippen molar-refractivity contribution >= 4 is 74.7 Å². The summed E-state index contributed by atoms with van der Waals surface area (Å²) in [6, 6.07) is 24.0. The van der Waals surface area contributed by atoms with Crippen molar-refractivity contribution in [1.29, 1.82) is 0 Å². The lowest BCUT2D eigenvalue weighted by molar-refractivity contribution is -0.131. The Bertz CT molecular complexity index is 2530. The van der Waals surface area contributed by atoms with E-state index in [9.17, 15) is 42.3 Å². The maximum atomic E-state index is 13.6. The van der Waals surface area contributed by atoms with Gasteiger partial charge in [-0.3, -0.25) is 28.8 Å². The zero-order chi connectivity index (χ0) is 54.1. The lowest BCUT2D eigenvalue weighted by Crippen LogP contribution is -2.49. The van der Waals surface area contributed by atoms with Gasteiger partial charge in [-0.15, -0.1) is 0 Å². The highest BCUT2D eigenvalue weighted by atomic mass is 33.1. The molecule has 15 nitrogen and oxygen atoms in total. The van der Waals surface area contributed by atoms with Crippen LogP contribution < -0.4 is 42.5 Å². The second kappa shape index (κ2) is 31.9. The Kier molecular flexibility index (Phi) is 24.9. The zero-order valence-electron chi connectivity index (χ0n) is 42.9. The number of thioether (sulfide) groups is 1. The fourth-order valence-electron chi connectivity index (χ4n) is 8.81. The highest BCUT2D eigenvalue weighted by Crippen LogP contribution is 2.33. The van der Waals surface area contributed by atoms with E-state index in [1.54, 1.807) is 76.2 Å². The largest absolute Gasteiger partial charge is 0.355 e. The first-order chi connectivity index (χ1) is 36.8. The van der Waals surface area contributed by atoms with Crippen LogP contribution in [0.4, 0.5) is 13.6 Å². The van der Waals surface area contributed by atoms with Gasteiger partial charge in [-0.2, -0.15) is 11.8 Å². The van der Waals surface area contributed by atoms with Gasteiger partial charge >= 0.3 is 6.03 Å². The molecule has 2 heterocycles. The number of halogens is 2. The fourth-order valence-corrected chi connectivity index (χ4v) is 12.2. The van der Waals surface area contributed by atoms with Crippen molar-refractivity contribution in [3.05, 3.63) is 142 Å². The molecular weight excluding hydrogens is 1030 g/mol. The van der Waals surface area contributed by atoms with E-state index in [1.807, 2.05) is 36.0 Å². The molecule has 408 valence electrons. The van der Waals surface area contributed by atoms with Gasteiger partial charge in [-0.25, -0.2) is 13.6 Å². The smallest absolute Gasteiger partial charge is 0.315 e. The Morgan fingerprint density at radius 3 is 1.87 bits per heavy atom. The molecule has 20 heteroatoms. The molecule has 0 aliphatic carbocycles. The summed E-state index contributed by atoms with van der Waals surface area (Å²) in [5.74, 6) is -0.788. The first-order valence-corrected chi connectivity index (χ1v) is 29.6. The molecule has 0 radical (unpaired) electrons. The number of carbonyl (C=O) groups is 7. The second-order valence-electron chi connectivity index (χ2n) is 18.9. The summed E-state index contributed by atoms with van der Waals surface area (Å²) in [7, 11) is 3.40. The van der Waals surface area contributed by atoms with Gasteiger partial charge in [0.2, 0.25) is 29.5 Å². The molecule has 4 aromatic rings. The number of amides is 7. The number of hydrogen-bond donors (Lipinski definition) is 8. The summed E-state index contributed by atoms with van der Waals surface area (Å²) in [6.07, 6.45) is 8.58. The van der Waals surface area contributed by atoms with Crippen LogP contribution >= 0.6 is 33.3 Å². The molecule has 4 aromatic carbocycles. The average Bonchev–Trinajstić information content (AvgIpc) is 3.97. The third kappa shape index (κ3) is 20.5. The summed E-state index contributed by atoms with van der Waals surface area (Å²) < 4.78 is 27.2. The maximum Gasteiger partial charge on any atom is 0.315 e. The monoisotopic (exact) mass is 1100 g/mol. The molecule has 5 atom stereocenters. The molecule has 0 saturated carbocycles. The summed E-state index contributed by atoms with van der Waals surface area (Å²) in [6.45, 7) is 4.35. The van der Waals surface area contributed by atoms with Crippen molar-refractivity contribution in [2.45, 2.75) is 120 Å². The number of benzene rings is 4. The molecule has 2 aliphatic rings. The van der Waals surface area contributed by atoms with Gasteiger partial charge in [0, 0.05) is 78.7 Å². The van der Waals surface area contributed by atoms with E-state index in [4.69, 9.17) is 0 Å². The van der Waals surface area contributed by atoms with E-state index in [2.05, 4.69) is 42.5 Å². The summed E-state index contributed by atoms with van der Waals surface area (Å²) in [5.41, 5.74) is 3.46. The van der Waals surface area contributed by atoms with Crippen molar-refractivity contribution in [2.75, 3.05) is 36.9 Å². The number of nitrogens with one attached hydrogen (secondary N) is 8. The number of hydrogen-bond acceptors (Lipinski definition) is 11. The second-order valence-corrected chi connectivity index (χ2v) is 22.9. The van der Waals surface area contributed by atoms with Gasteiger partial charge in [0.05, 0.1) is 18.5 Å². The van der Waals surface area contributed by atoms with Crippen LogP contribution in [-0.4, -0.2) is 102 Å². The summed E-state index contributed by atoms with van der Waals surface area (Å²) >= 11 is 1.90. The predicted molar refractivity (Wildman–Crippen MR) is 297 cm³/mol. The fraction of sp³-hybridized carbons (Fsp3) is 0.446. The molecule has 2 aliphatic heterocycles. The van der Waals surface area contributed by atoms with E-state index < -0.39 is 41.4 Å². The van der Waals surface area contributed by atoms with Crippen molar-refractivity contribution in [1.82, 2.24) is 42.5 Å². The standard InChI is InChI=1S/C56H70F2N8O7S3/c1-37(63-50(69)32-40-30-44(57)33-45(58)31-40)54(71)65-51(41-12-6-5-7-13-41)55(72)62-35-39-19-23-43(24-20-39)53(70)42-21-17-38(18-22-42)34-59-25-11-4-2-3-8-15-48(67)60-26-28-75-76-29-27-61-49(68)16-10-9-14-47-52-46(36-74-47)64-56(73)66-52/h5-7,12-13,17-24,30-31,33,37,46-47,51-52,59H,2-4,8-11,14-16,25-29,32,34-36H2,1H3,(H,60,67)(H,61,68)(H,62,72)(H,63,69)(H,65,71)(H2,64,66,73)/t37-,46-,47-,51-,52-/m0/s1. The minimum atomic E-state index is -1.10. The van der Waals surface area contributed by atoms with E-state index >= 15 is 0 Å². The van der Waals surface area contributed by atoms with Gasteiger partial charge in [-0.05, 0) is 73.5 Å². The van der Waals surface area contributed by atoms with Gasteiger partial charge in [0.15, 0.2) is 5.78 Å². The van der Waals surface area contributed by atoms with E-state index in [1.165, 1.54) is 6.92 Å². The van der Waals surface area contributed by atoms with Crippen molar-refractivity contribution in [3.63, 3.8) is 0 Å².